The third kappa shape index (κ3) is 4.69. The molecule has 1 aliphatic rings. The van der Waals surface area contributed by atoms with Gasteiger partial charge in [-0.15, -0.1) is 10.2 Å². The van der Waals surface area contributed by atoms with E-state index in [9.17, 15) is 4.79 Å². The minimum Gasteiger partial charge on any atom is -0.485 e. The number of nitrogens with one attached hydrogen (secondary N) is 1. The van der Waals surface area contributed by atoms with Crippen molar-refractivity contribution in [3.8, 4) is 5.75 Å². The number of para-hydroxylation sites is 1. The molecule has 0 bridgehead atoms. The third-order valence-electron chi connectivity index (χ3n) is 4.46. The largest absolute Gasteiger partial charge is 0.485 e. The molecular weight excluding hydrogens is 342 g/mol. The summed E-state index contributed by atoms with van der Waals surface area (Å²) in [4.78, 5) is 13.7. The first kappa shape index (κ1) is 17.2. The molecule has 0 saturated heterocycles. The Morgan fingerprint density at radius 2 is 1.81 bits per heavy atom. The standard InChI is InChI=1S/C20H21N5O2/c26-19(21-20(16-11-12-16)15-7-3-1-4-8-15)13-25-23-18(22-24-25)14-27-17-9-5-2-6-10-17/h1-10,16,20H,11-14H2,(H,21,26)/t20-/m0/s1. The molecule has 0 spiro atoms. The Balaban J connectivity index is 1.32. The van der Waals surface area contributed by atoms with Crippen molar-refractivity contribution >= 4 is 5.91 Å². The number of aromatic nitrogens is 4. The van der Waals surface area contributed by atoms with Crippen molar-refractivity contribution in [1.82, 2.24) is 25.5 Å². The van der Waals surface area contributed by atoms with Gasteiger partial charge in [0.25, 0.3) is 0 Å². The molecule has 7 nitrogen and oxygen atoms in total. The van der Waals surface area contributed by atoms with Crippen molar-refractivity contribution < 1.29 is 9.53 Å². The van der Waals surface area contributed by atoms with E-state index in [1.807, 2.05) is 48.5 Å². The maximum Gasteiger partial charge on any atom is 0.244 e. The molecule has 27 heavy (non-hydrogen) atoms. The van der Waals surface area contributed by atoms with Crippen LogP contribution in [0.1, 0.15) is 30.3 Å². The highest BCUT2D eigenvalue weighted by Gasteiger charge is 2.33. The highest BCUT2D eigenvalue weighted by molar-refractivity contribution is 5.76. The minimum absolute atomic E-state index is 0.0361. The van der Waals surface area contributed by atoms with E-state index in [4.69, 9.17) is 4.74 Å². The summed E-state index contributed by atoms with van der Waals surface area (Å²) in [5, 5.41) is 15.2. The summed E-state index contributed by atoms with van der Waals surface area (Å²) in [6, 6.07) is 19.6. The van der Waals surface area contributed by atoms with Gasteiger partial charge in [0.05, 0.1) is 6.04 Å². The molecule has 138 valence electrons. The van der Waals surface area contributed by atoms with E-state index in [0.29, 0.717) is 11.7 Å². The van der Waals surface area contributed by atoms with Gasteiger partial charge >= 0.3 is 0 Å². The molecule has 0 aliphatic heterocycles. The molecule has 0 radical (unpaired) electrons. The van der Waals surface area contributed by atoms with Gasteiger partial charge in [-0.1, -0.05) is 48.5 Å². The van der Waals surface area contributed by atoms with Crippen LogP contribution in [0, 0.1) is 5.92 Å². The number of carbonyl (C=O) groups is 1. The smallest absolute Gasteiger partial charge is 0.244 e. The molecule has 4 rings (SSSR count). The average molecular weight is 363 g/mol. The fraction of sp³-hybridized carbons (Fsp3) is 0.300. The Labute approximate surface area is 157 Å². The number of amides is 1. The SMILES string of the molecule is O=C(Cn1nnc(COc2ccccc2)n1)N[C@@H](c1ccccc1)C1CC1. The third-order valence-corrected chi connectivity index (χ3v) is 4.46. The fourth-order valence-electron chi connectivity index (χ4n) is 2.98. The van der Waals surface area contributed by atoms with Crippen LogP contribution in [0.3, 0.4) is 0 Å². The first-order chi connectivity index (χ1) is 13.3. The highest BCUT2D eigenvalue weighted by Crippen LogP contribution is 2.40. The zero-order valence-electron chi connectivity index (χ0n) is 14.9. The Hall–Kier alpha value is -3.22. The molecule has 7 heteroatoms. The molecule has 0 unspecified atom stereocenters. The topological polar surface area (TPSA) is 81.9 Å². The van der Waals surface area contributed by atoms with E-state index in [-0.39, 0.29) is 25.1 Å². The van der Waals surface area contributed by atoms with Crippen LogP contribution in [-0.2, 0) is 17.9 Å². The van der Waals surface area contributed by atoms with E-state index in [1.165, 1.54) is 4.80 Å². The number of hydrogen-bond acceptors (Lipinski definition) is 5. The van der Waals surface area contributed by atoms with Crippen LogP contribution in [0.2, 0.25) is 0 Å². The lowest BCUT2D eigenvalue weighted by molar-refractivity contribution is -0.123. The molecule has 1 heterocycles. The maximum atomic E-state index is 12.4. The quantitative estimate of drug-likeness (QED) is 0.665. The van der Waals surface area contributed by atoms with E-state index >= 15 is 0 Å². The first-order valence-electron chi connectivity index (χ1n) is 9.07. The predicted octanol–water partition coefficient (Wildman–Crippen LogP) is 2.52. The van der Waals surface area contributed by atoms with Gasteiger partial charge in [-0.05, 0) is 41.7 Å². The Kier molecular flexibility index (Phi) is 5.09. The average Bonchev–Trinajstić information content (AvgIpc) is 3.46. The summed E-state index contributed by atoms with van der Waals surface area (Å²) in [5.74, 6) is 1.56. The van der Waals surface area contributed by atoms with Gasteiger partial charge in [-0.3, -0.25) is 4.79 Å². The van der Waals surface area contributed by atoms with Crippen molar-refractivity contribution in [2.24, 2.45) is 5.92 Å². The molecular formula is C20H21N5O2. The van der Waals surface area contributed by atoms with Gasteiger partial charge in [-0.2, -0.15) is 4.80 Å². The molecule has 1 aliphatic carbocycles. The number of rotatable bonds is 8. The first-order valence-corrected chi connectivity index (χ1v) is 9.07. The van der Waals surface area contributed by atoms with Crippen LogP contribution < -0.4 is 10.1 Å². The van der Waals surface area contributed by atoms with Crippen molar-refractivity contribution in [1.29, 1.82) is 0 Å². The van der Waals surface area contributed by atoms with Crippen molar-refractivity contribution in [2.75, 3.05) is 0 Å². The fourth-order valence-corrected chi connectivity index (χ4v) is 2.98. The minimum atomic E-state index is -0.122. The molecule has 1 amide bonds. The summed E-state index contributed by atoms with van der Waals surface area (Å²) in [6.07, 6.45) is 2.28. The molecule has 1 aromatic heterocycles. The van der Waals surface area contributed by atoms with Crippen LogP contribution >= 0.6 is 0 Å². The monoisotopic (exact) mass is 363 g/mol. The summed E-state index contributed by atoms with van der Waals surface area (Å²) in [5.41, 5.74) is 1.14. The van der Waals surface area contributed by atoms with Crippen LogP contribution in [0.25, 0.3) is 0 Å². The second-order valence-electron chi connectivity index (χ2n) is 6.63. The zero-order valence-corrected chi connectivity index (χ0v) is 14.9. The van der Waals surface area contributed by atoms with Gasteiger partial charge in [-0.25, -0.2) is 0 Å². The highest BCUT2D eigenvalue weighted by atomic mass is 16.5. The van der Waals surface area contributed by atoms with Crippen LogP contribution in [-0.4, -0.2) is 26.1 Å². The molecule has 3 aromatic rings. The zero-order chi connectivity index (χ0) is 18.5. The number of hydrogen-bond donors (Lipinski definition) is 1. The van der Waals surface area contributed by atoms with E-state index < -0.39 is 0 Å². The van der Waals surface area contributed by atoms with E-state index in [0.717, 1.165) is 24.2 Å². The summed E-state index contributed by atoms with van der Waals surface area (Å²) < 4.78 is 5.59. The Morgan fingerprint density at radius 1 is 1.11 bits per heavy atom. The predicted molar refractivity (Wildman–Crippen MR) is 98.6 cm³/mol. The molecule has 2 aromatic carbocycles. The van der Waals surface area contributed by atoms with Crippen molar-refractivity contribution in [3.05, 3.63) is 72.1 Å². The summed E-state index contributed by atoms with van der Waals surface area (Å²) in [7, 11) is 0. The lowest BCUT2D eigenvalue weighted by Gasteiger charge is -2.18. The van der Waals surface area contributed by atoms with E-state index in [2.05, 4.69) is 32.9 Å². The maximum absolute atomic E-state index is 12.4. The number of benzene rings is 2. The lowest BCUT2D eigenvalue weighted by atomic mass is 10.0. The summed E-state index contributed by atoms with van der Waals surface area (Å²) in [6.45, 7) is 0.245. The van der Waals surface area contributed by atoms with Gasteiger partial charge < -0.3 is 10.1 Å². The van der Waals surface area contributed by atoms with Gasteiger partial charge in [0, 0.05) is 0 Å². The molecule has 1 fully saturated rings. The lowest BCUT2D eigenvalue weighted by Crippen LogP contribution is -2.33. The van der Waals surface area contributed by atoms with Crippen LogP contribution in [0.15, 0.2) is 60.7 Å². The molecule has 1 N–H and O–H groups in total. The number of tetrazole rings is 1. The number of ether oxygens (including phenoxy) is 1. The normalized spacial score (nSPS) is 14.5. The van der Waals surface area contributed by atoms with Gasteiger partial charge in [0.15, 0.2) is 6.61 Å². The van der Waals surface area contributed by atoms with Crippen molar-refractivity contribution in [3.63, 3.8) is 0 Å². The van der Waals surface area contributed by atoms with Gasteiger partial charge in [0.1, 0.15) is 12.3 Å². The Bertz CT molecular complexity index is 878. The number of nitrogens with zero attached hydrogens (tertiary/aromatic N) is 4. The van der Waals surface area contributed by atoms with E-state index in [1.54, 1.807) is 0 Å². The number of carbonyl (C=O) groups excluding carboxylic acids is 1. The van der Waals surface area contributed by atoms with Crippen LogP contribution in [0.5, 0.6) is 5.75 Å². The Morgan fingerprint density at radius 3 is 2.52 bits per heavy atom. The summed E-state index contributed by atoms with van der Waals surface area (Å²) >= 11 is 0. The van der Waals surface area contributed by atoms with Crippen LogP contribution in [0.4, 0.5) is 0 Å². The second-order valence-corrected chi connectivity index (χ2v) is 6.63. The molecule has 1 atom stereocenters. The van der Waals surface area contributed by atoms with Gasteiger partial charge in [0.2, 0.25) is 11.7 Å². The second kappa shape index (κ2) is 7.99. The van der Waals surface area contributed by atoms with Crippen molar-refractivity contribution in [2.45, 2.75) is 32.0 Å². The molecule has 1 saturated carbocycles.